The third-order valence-electron chi connectivity index (χ3n) is 4.50. The maximum atomic E-state index is 13.6. The van der Waals surface area contributed by atoms with E-state index >= 15 is 0 Å². The molecular weight excluding hydrogens is 370 g/mol. The SMILES string of the molecule is CSc1ccc(NC(=O)c2nn(-c3ccc(F)c(F)c3)c3c2CCC3)cn1. The maximum absolute atomic E-state index is 13.6. The maximum Gasteiger partial charge on any atom is 0.276 e. The number of aromatic nitrogens is 3. The van der Waals surface area contributed by atoms with Gasteiger partial charge in [-0.3, -0.25) is 4.79 Å². The van der Waals surface area contributed by atoms with Gasteiger partial charge in [-0.2, -0.15) is 5.10 Å². The molecule has 4 rings (SSSR count). The van der Waals surface area contributed by atoms with Crippen molar-refractivity contribution in [3.63, 3.8) is 0 Å². The Bertz CT molecular complexity index is 1020. The standard InChI is InChI=1S/C19H16F2N4OS/c1-27-17-8-5-11(10-22-17)23-19(26)18-13-3-2-4-16(13)25(24-18)12-6-7-14(20)15(21)9-12/h5-10H,2-4H2,1H3,(H,23,26). The van der Waals surface area contributed by atoms with Crippen molar-refractivity contribution in [2.24, 2.45) is 0 Å². The predicted molar refractivity (Wildman–Crippen MR) is 99.5 cm³/mol. The van der Waals surface area contributed by atoms with Gasteiger partial charge in [-0.1, -0.05) is 0 Å². The number of pyridine rings is 1. The van der Waals surface area contributed by atoms with Gasteiger partial charge >= 0.3 is 0 Å². The third kappa shape index (κ3) is 3.32. The number of carbonyl (C=O) groups is 1. The van der Waals surface area contributed by atoms with Gasteiger partial charge in [0.2, 0.25) is 0 Å². The number of benzene rings is 1. The molecule has 1 aliphatic rings. The molecule has 5 nitrogen and oxygen atoms in total. The van der Waals surface area contributed by atoms with Crippen molar-refractivity contribution in [1.82, 2.24) is 14.8 Å². The lowest BCUT2D eigenvalue weighted by Gasteiger charge is -2.06. The number of fused-ring (bicyclic) bond motifs is 1. The fourth-order valence-electron chi connectivity index (χ4n) is 3.22. The summed E-state index contributed by atoms with van der Waals surface area (Å²) < 4.78 is 28.4. The molecule has 1 aliphatic carbocycles. The first-order valence-electron chi connectivity index (χ1n) is 8.44. The van der Waals surface area contributed by atoms with E-state index < -0.39 is 11.6 Å². The predicted octanol–water partition coefficient (Wildman–Crippen LogP) is 4.01. The van der Waals surface area contributed by atoms with E-state index in [0.29, 0.717) is 17.1 Å². The lowest BCUT2D eigenvalue weighted by Crippen LogP contribution is -2.15. The minimum absolute atomic E-state index is 0.307. The van der Waals surface area contributed by atoms with Crippen LogP contribution in [-0.4, -0.2) is 26.9 Å². The van der Waals surface area contributed by atoms with Gasteiger partial charge in [0.1, 0.15) is 0 Å². The summed E-state index contributed by atoms with van der Waals surface area (Å²) in [5.41, 5.74) is 3.00. The minimum atomic E-state index is -0.944. The molecule has 0 saturated carbocycles. The van der Waals surface area contributed by atoms with Gasteiger partial charge in [0.05, 0.1) is 22.6 Å². The second-order valence-corrected chi connectivity index (χ2v) is 7.01. The Kier molecular flexibility index (Phi) is 4.65. The fourth-order valence-corrected chi connectivity index (χ4v) is 3.58. The molecule has 0 saturated heterocycles. The summed E-state index contributed by atoms with van der Waals surface area (Å²) in [7, 11) is 0. The quantitative estimate of drug-likeness (QED) is 0.689. The normalized spacial score (nSPS) is 12.9. The van der Waals surface area contributed by atoms with E-state index in [1.165, 1.54) is 22.5 Å². The van der Waals surface area contributed by atoms with Gasteiger partial charge in [-0.25, -0.2) is 18.4 Å². The van der Waals surface area contributed by atoms with Crippen molar-refractivity contribution in [3.8, 4) is 5.69 Å². The molecule has 27 heavy (non-hydrogen) atoms. The second-order valence-electron chi connectivity index (χ2n) is 6.18. The lowest BCUT2D eigenvalue weighted by atomic mass is 10.2. The van der Waals surface area contributed by atoms with Crippen molar-refractivity contribution in [3.05, 3.63) is 65.1 Å². The van der Waals surface area contributed by atoms with Crippen LogP contribution in [0.25, 0.3) is 5.69 Å². The van der Waals surface area contributed by atoms with Crippen molar-refractivity contribution in [1.29, 1.82) is 0 Å². The smallest absolute Gasteiger partial charge is 0.276 e. The van der Waals surface area contributed by atoms with E-state index in [9.17, 15) is 13.6 Å². The monoisotopic (exact) mass is 386 g/mol. The van der Waals surface area contributed by atoms with E-state index in [0.717, 1.165) is 47.7 Å². The number of carbonyl (C=O) groups excluding carboxylic acids is 1. The Morgan fingerprint density at radius 3 is 2.74 bits per heavy atom. The second kappa shape index (κ2) is 7.11. The Morgan fingerprint density at radius 2 is 2.04 bits per heavy atom. The minimum Gasteiger partial charge on any atom is -0.319 e. The number of thioether (sulfide) groups is 1. The van der Waals surface area contributed by atoms with Gasteiger partial charge in [-0.15, -0.1) is 11.8 Å². The highest BCUT2D eigenvalue weighted by molar-refractivity contribution is 7.98. The number of rotatable bonds is 4. The van der Waals surface area contributed by atoms with E-state index in [1.54, 1.807) is 12.3 Å². The van der Waals surface area contributed by atoms with Gasteiger partial charge in [-0.05, 0) is 49.8 Å². The zero-order valence-corrected chi connectivity index (χ0v) is 15.3. The van der Waals surface area contributed by atoms with Crippen LogP contribution in [0.15, 0.2) is 41.6 Å². The number of nitrogens with one attached hydrogen (secondary N) is 1. The van der Waals surface area contributed by atoms with Crippen LogP contribution in [0.5, 0.6) is 0 Å². The third-order valence-corrected chi connectivity index (χ3v) is 5.16. The summed E-state index contributed by atoms with van der Waals surface area (Å²) in [4.78, 5) is 17.0. The summed E-state index contributed by atoms with van der Waals surface area (Å²) in [6.45, 7) is 0. The van der Waals surface area contributed by atoms with Crippen LogP contribution in [-0.2, 0) is 12.8 Å². The highest BCUT2D eigenvalue weighted by Crippen LogP contribution is 2.29. The first kappa shape index (κ1) is 17.7. The lowest BCUT2D eigenvalue weighted by molar-refractivity contribution is 0.102. The van der Waals surface area contributed by atoms with E-state index in [1.807, 2.05) is 12.3 Å². The molecule has 0 unspecified atom stereocenters. The van der Waals surface area contributed by atoms with E-state index in [-0.39, 0.29) is 5.91 Å². The molecule has 0 aliphatic heterocycles. The number of amides is 1. The van der Waals surface area contributed by atoms with Gasteiger partial charge in [0.15, 0.2) is 17.3 Å². The first-order chi connectivity index (χ1) is 13.1. The van der Waals surface area contributed by atoms with Gasteiger partial charge in [0.25, 0.3) is 5.91 Å². The fraction of sp³-hybridized carbons (Fsp3) is 0.211. The summed E-state index contributed by atoms with van der Waals surface area (Å²) in [5.74, 6) is -2.20. The molecule has 138 valence electrons. The molecular formula is C19H16F2N4OS. The Morgan fingerprint density at radius 1 is 1.19 bits per heavy atom. The topological polar surface area (TPSA) is 59.8 Å². The van der Waals surface area contributed by atoms with Crippen molar-refractivity contribution < 1.29 is 13.6 Å². The largest absolute Gasteiger partial charge is 0.319 e. The molecule has 1 amide bonds. The highest BCUT2D eigenvalue weighted by Gasteiger charge is 2.27. The average Bonchev–Trinajstić information content (AvgIpc) is 3.27. The number of halogens is 2. The molecule has 3 aromatic rings. The van der Waals surface area contributed by atoms with Crippen molar-refractivity contribution in [2.45, 2.75) is 24.3 Å². The zero-order chi connectivity index (χ0) is 19.0. The molecule has 0 bridgehead atoms. The molecule has 1 aromatic carbocycles. The molecule has 0 fully saturated rings. The average molecular weight is 386 g/mol. The number of nitrogens with zero attached hydrogens (tertiary/aromatic N) is 3. The van der Waals surface area contributed by atoms with Crippen LogP contribution in [0, 0.1) is 11.6 Å². The Balaban J connectivity index is 1.67. The van der Waals surface area contributed by atoms with Crippen LogP contribution in [0.1, 0.15) is 28.2 Å². The molecule has 0 radical (unpaired) electrons. The van der Waals surface area contributed by atoms with E-state index in [2.05, 4.69) is 15.4 Å². The molecule has 2 heterocycles. The van der Waals surface area contributed by atoms with Crippen molar-refractivity contribution >= 4 is 23.4 Å². The molecule has 2 aromatic heterocycles. The number of hydrogen-bond acceptors (Lipinski definition) is 4. The van der Waals surface area contributed by atoms with Crippen LogP contribution >= 0.6 is 11.8 Å². The summed E-state index contributed by atoms with van der Waals surface area (Å²) in [5, 5.41) is 8.06. The molecule has 0 atom stereocenters. The summed E-state index contributed by atoms with van der Waals surface area (Å²) >= 11 is 1.52. The number of hydrogen-bond donors (Lipinski definition) is 1. The van der Waals surface area contributed by atoms with Gasteiger partial charge in [0, 0.05) is 17.3 Å². The highest BCUT2D eigenvalue weighted by atomic mass is 32.2. The number of anilines is 1. The van der Waals surface area contributed by atoms with Crippen LogP contribution in [0.4, 0.5) is 14.5 Å². The van der Waals surface area contributed by atoms with Crippen LogP contribution in [0.3, 0.4) is 0 Å². The molecule has 8 heteroatoms. The van der Waals surface area contributed by atoms with E-state index in [4.69, 9.17) is 0 Å². The summed E-state index contributed by atoms with van der Waals surface area (Å²) in [6.07, 6.45) is 5.87. The van der Waals surface area contributed by atoms with Crippen LogP contribution < -0.4 is 5.32 Å². The Labute approximate surface area is 158 Å². The summed E-state index contributed by atoms with van der Waals surface area (Å²) in [6, 6.07) is 7.21. The molecule has 0 spiro atoms. The van der Waals surface area contributed by atoms with Gasteiger partial charge < -0.3 is 5.32 Å². The Hall–Kier alpha value is -2.74. The van der Waals surface area contributed by atoms with Crippen LogP contribution in [0.2, 0.25) is 0 Å². The first-order valence-corrected chi connectivity index (χ1v) is 9.67. The van der Waals surface area contributed by atoms with Crippen molar-refractivity contribution in [2.75, 3.05) is 11.6 Å². The molecule has 1 N–H and O–H groups in total. The zero-order valence-electron chi connectivity index (χ0n) is 14.5.